The van der Waals surface area contributed by atoms with Crippen LogP contribution in [0.3, 0.4) is 0 Å². The van der Waals surface area contributed by atoms with Gasteiger partial charge in [-0.25, -0.2) is 0 Å². The van der Waals surface area contributed by atoms with Gasteiger partial charge in [0.05, 0.1) is 6.04 Å². The highest BCUT2D eigenvalue weighted by Crippen LogP contribution is 2.17. The van der Waals surface area contributed by atoms with Gasteiger partial charge in [0.2, 0.25) is 5.91 Å². The first-order chi connectivity index (χ1) is 13.0. The van der Waals surface area contributed by atoms with Crippen molar-refractivity contribution in [2.75, 3.05) is 6.54 Å². The Morgan fingerprint density at radius 2 is 1.74 bits per heavy atom. The lowest BCUT2D eigenvalue weighted by molar-refractivity contribution is -0.121. The van der Waals surface area contributed by atoms with E-state index in [1.807, 2.05) is 61.5 Å². The van der Waals surface area contributed by atoms with Crippen LogP contribution in [0.1, 0.15) is 35.3 Å². The topological polar surface area (TPSA) is 58.2 Å². The van der Waals surface area contributed by atoms with E-state index >= 15 is 0 Å². The van der Waals surface area contributed by atoms with Crippen LogP contribution in [0.25, 0.3) is 10.8 Å². The standard InChI is InChI=1S/C22H21ClN2O2/c1-15(17-7-4-8-20(23)14-17)25-21(26)11-12-24-22(27)19-10-9-16-5-2-3-6-18(16)13-19/h2-10,13-15H,11-12H2,1H3,(H,24,27)(H,25,26). The summed E-state index contributed by atoms with van der Waals surface area (Å²) in [6.45, 7) is 2.18. The van der Waals surface area contributed by atoms with E-state index in [0.29, 0.717) is 10.6 Å². The Morgan fingerprint density at radius 1 is 0.963 bits per heavy atom. The lowest BCUT2D eigenvalue weighted by Gasteiger charge is -2.15. The van der Waals surface area contributed by atoms with Crippen LogP contribution in [-0.2, 0) is 4.79 Å². The predicted octanol–water partition coefficient (Wildman–Crippen LogP) is 4.49. The SMILES string of the molecule is CC(NC(=O)CCNC(=O)c1ccc2ccccc2c1)c1cccc(Cl)c1. The van der Waals surface area contributed by atoms with Gasteiger partial charge in [-0.15, -0.1) is 0 Å². The van der Waals surface area contributed by atoms with Crippen molar-refractivity contribution in [2.45, 2.75) is 19.4 Å². The van der Waals surface area contributed by atoms with Crippen molar-refractivity contribution in [3.05, 3.63) is 82.9 Å². The molecule has 0 radical (unpaired) electrons. The smallest absolute Gasteiger partial charge is 0.251 e. The summed E-state index contributed by atoms with van der Waals surface area (Å²) >= 11 is 5.98. The molecule has 0 heterocycles. The summed E-state index contributed by atoms with van der Waals surface area (Å²) < 4.78 is 0. The number of fused-ring (bicyclic) bond motifs is 1. The van der Waals surface area contributed by atoms with Gasteiger partial charge in [-0.2, -0.15) is 0 Å². The van der Waals surface area contributed by atoms with Gasteiger partial charge in [-0.3, -0.25) is 9.59 Å². The Hall–Kier alpha value is -2.85. The molecule has 4 nitrogen and oxygen atoms in total. The lowest BCUT2D eigenvalue weighted by atomic mass is 10.1. The van der Waals surface area contributed by atoms with Crippen LogP contribution in [0.2, 0.25) is 5.02 Å². The van der Waals surface area contributed by atoms with Gasteiger partial charge in [0.1, 0.15) is 0 Å². The number of hydrogen-bond acceptors (Lipinski definition) is 2. The van der Waals surface area contributed by atoms with E-state index in [1.165, 1.54) is 0 Å². The van der Waals surface area contributed by atoms with Gasteiger partial charge >= 0.3 is 0 Å². The van der Waals surface area contributed by atoms with Gasteiger partial charge in [-0.05, 0) is 47.5 Å². The molecule has 0 aliphatic carbocycles. The number of halogens is 1. The molecule has 1 unspecified atom stereocenters. The molecule has 0 saturated carbocycles. The van der Waals surface area contributed by atoms with Crippen molar-refractivity contribution >= 4 is 34.2 Å². The van der Waals surface area contributed by atoms with E-state index in [2.05, 4.69) is 10.6 Å². The summed E-state index contributed by atoms with van der Waals surface area (Å²) in [4.78, 5) is 24.4. The Balaban J connectivity index is 1.49. The maximum absolute atomic E-state index is 12.3. The molecule has 27 heavy (non-hydrogen) atoms. The van der Waals surface area contributed by atoms with Gasteiger partial charge in [-0.1, -0.05) is 54.1 Å². The maximum Gasteiger partial charge on any atom is 0.251 e. The first-order valence-electron chi connectivity index (χ1n) is 8.85. The largest absolute Gasteiger partial charge is 0.352 e. The molecule has 0 aliphatic heterocycles. The van der Waals surface area contributed by atoms with Crippen molar-refractivity contribution < 1.29 is 9.59 Å². The van der Waals surface area contributed by atoms with Crippen LogP contribution < -0.4 is 10.6 Å². The number of carbonyl (C=O) groups excluding carboxylic acids is 2. The fourth-order valence-corrected chi connectivity index (χ4v) is 3.09. The second-order valence-electron chi connectivity index (χ2n) is 6.41. The summed E-state index contributed by atoms with van der Waals surface area (Å²) in [6.07, 6.45) is 0.213. The Bertz CT molecular complexity index is 971. The van der Waals surface area contributed by atoms with Crippen molar-refractivity contribution in [3.63, 3.8) is 0 Å². The molecule has 0 aliphatic rings. The minimum absolute atomic E-state index is 0.124. The van der Waals surface area contributed by atoms with E-state index in [-0.39, 0.29) is 30.8 Å². The number of nitrogens with one attached hydrogen (secondary N) is 2. The molecule has 2 amide bonds. The molecule has 1 atom stereocenters. The molecule has 0 bridgehead atoms. The van der Waals surface area contributed by atoms with Gasteiger partial charge < -0.3 is 10.6 Å². The average Bonchev–Trinajstić information content (AvgIpc) is 2.67. The number of carbonyl (C=O) groups is 2. The second kappa shape index (κ2) is 8.69. The fraction of sp³-hybridized carbons (Fsp3) is 0.182. The Morgan fingerprint density at radius 3 is 2.52 bits per heavy atom. The quantitative estimate of drug-likeness (QED) is 0.661. The molecule has 0 saturated heterocycles. The Labute approximate surface area is 163 Å². The van der Waals surface area contributed by atoms with Crippen LogP contribution in [0.15, 0.2) is 66.7 Å². The van der Waals surface area contributed by atoms with Crippen molar-refractivity contribution in [3.8, 4) is 0 Å². The fourth-order valence-electron chi connectivity index (χ4n) is 2.90. The third-order valence-electron chi connectivity index (χ3n) is 4.38. The third-order valence-corrected chi connectivity index (χ3v) is 4.61. The van der Waals surface area contributed by atoms with E-state index in [9.17, 15) is 9.59 Å². The Kier molecular flexibility index (Phi) is 6.09. The van der Waals surface area contributed by atoms with Gasteiger partial charge in [0.25, 0.3) is 5.91 Å². The molecular formula is C22H21ClN2O2. The van der Waals surface area contributed by atoms with Gasteiger partial charge in [0, 0.05) is 23.6 Å². The van der Waals surface area contributed by atoms with Gasteiger partial charge in [0.15, 0.2) is 0 Å². The molecule has 3 rings (SSSR count). The van der Waals surface area contributed by atoms with Crippen LogP contribution in [0, 0.1) is 0 Å². The van der Waals surface area contributed by atoms with Crippen LogP contribution in [0.5, 0.6) is 0 Å². The molecule has 0 fully saturated rings. The lowest BCUT2D eigenvalue weighted by Crippen LogP contribution is -2.32. The zero-order valence-corrected chi connectivity index (χ0v) is 15.8. The normalized spacial score (nSPS) is 11.8. The number of hydrogen-bond donors (Lipinski definition) is 2. The van der Waals surface area contributed by atoms with Crippen molar-refractivity contribution in [2.24, 2.45) is 0 Å². The zero-order valence-electron chi connectivity index (χ0n) is 15.0. The molecule has 0 spiro atoms. The monoisotopic (exact) mass is 380 g/mol. The summed E-state index contributed by atoms with van der Waals surface area (Å²) in [5, 5.41) is 8.44. The van der Waals surface area contributed by atoms with Crippen LogP contribution >= 0.6 is 11.6 Å². The van der Waals surface area contributed by atoms with Crippen molar-refractivity contribution in [1.29, 1.82) is 0 Å². The first-order valence-corrected chi connectivity index (χ1v) is 9.22. The average molecular weight is 381 g/mol. The molecule has 5 heteroatoms. The van der Waals surface area contributed by atoms with Crippen LogP contribution in [-0.4, -0.2) is 18.4 Å². The first kappa shape index (κ1) is 18.9. The maximum atomic E-state index is 12.3. The second-order valence-corrected chi connectivity index (χ2v) is 6.85. The number of rotatable bonds is 6. The zero-order chi connectivity index (χ0) is 19.2. The number of benzene rings is 3. The van der Waals surface area contributed by atoms with E-state index in [1.54, 1.807) is 12.1 Å². The molecular weight excluding hydrogens is 360 g/mol. The highest BCUT2D eigenvalue weighted by Gasteiger charge is 2.11. The van der Waals surface area contributed by atoms with E-state index in [4.69, 9.17) is 11.6 Å². The van der Waals surface area contributed by atoms with Crippen molar-refractivity contribution in [1.82, 2.24) is 10.6 Å². The molecule has 3 aromatic carbocycles. The molecule has 3 aromatic rings. The molecule has 0 aromatic heterocycles. The number of amides is 2. The molecule has 2 N–H and O–H groups in total. The summed E-state index contributed by atoms with van der Waals surface area (Å²) in [5.74, 6) is -0.308. The summed E-state index contributed by atoms with van der Waals surface area (Å²) in [5.41, 5.74) is 1.53. The summed E-state index contributed by atoms with van der Waals surface area (Å²) in [7, 11) is 0. The minimum Gasteiger partial charge on any atom is -0.352 e. The molecule has 138 valence electrons. The van der Waals surface area contributed by atoms with E-state index in [0.717, 1.165) is 16.3 Å². The summed E-state index contributed by atoms with van der Waals surface area (Å²) in [6, 6.07) is 20.7. The van der Waals surface area contributed by atoms with E-state index < -0.39 is 0 Å². The minimum atomic E-state index is -0.184. The predicted molar refractivity (Wildman–Crippen MR) is 109 cm³/mol. The highest BCUT2D eigenvalue weighted by molar-refractivity contribution is 6.30. The third kappa shape index (κ3) is 5.08. The van der Waals surface area contributed by atoms with Crippen LogP contribution in [0.4, 0.5) is 0 Å². The highest BCUT2D eigenvalue weighted by atomic mass is 35.5.